The van der Waals surface area contributed by atoms with Crippen molar-refractivity contribution < 1.29 is 5.11 Å². The van der Waals surface area contributed by atoms with Crippen molar-refractivity contribution in [3.8, 4) is 5.75 Å². The summed E-state index contributed by atoms with van der Waals surface area (Å²) < 4.78 is 0.935. The molecule has 0 aromatic heterocycles. The minimum atomic E-state index is 0.186. The van der Waals surface area contributed by atoms with Gasteiger partial charge in [-0.3, -0.25) is 0 Å². The normalized spacial score (nSPS) is 10.1. The number of nitrogen functional groups attached to an aromatic ring is 1. The average molecular weight is 216 g/mol. The van der Waals surface area contributed by atoms with Crippen LogP contribution in [0, 0.1) is 13.8 Å². The van der Waals surface area contributed by atoms with Crippen molar-refractivity contribution in [3.05, 3.63) is 21.7 Å². The Morgan fingerprint density at radius 1 is 1.36 bits per heavy atom. The summed E-state index contributed by atoms with van der Waals surface area (Å²) in [6.07, 6.45) is 0. The van der Waals surface area contributed by atoms with Gasteiger partial charge in [-0.1, -0.05) is 15.9 Å². The van der Waals surface area contributed by atoms with Crippen LogP contribution in [0.25, 0.3) is 0 Å². The summed E-state index contributed by atoms with van der Waals surface area (Å²) in [5.41, 5.74) is 7.78. The fraction of sp³-hybridized carbons (Fsp3) is 0.250. The van der Waals surface area contributed by atoms with Crippen molar-refractivity contribution in [3.63, 3.8) is 0 Å². The molecular weight excluding hydrogens is 206 g/mol. The molecule has 3 N–H and O–H groups in total. The Balaban J connectivity index is 3.46. The zero-order valence-electron chi connectivity index (χ0n) is 6.48. The molecule has 60 valence electrons. The third-order valence-corrected chi connectivity index (χ3v) is 2.66. The van der Waals surface area contributed by atoms with Gasteiger partial charge in [-0.05, 0) is 31.0 Å². The van der Waals surface area contributed by atoms with Crippen LogP contribution in [0.3, 0.4) is 0 Å². The molecule has 0 fully saturated rings. The van der Waals surface area contributed by atoms with E-state index in [0.717, 1.165) is 15.6 Å². The van der Waals surface area contributed by atoms with Crippen LogP contribution in [0.4, 0.5) is 5.69 Å². The van der Waals surface area contributed by atoms with E-state index in [-0.39, 0.29) is 5.75 Å². The fourth-order valence-corrected chi connectivity index (χ4v) is 1.43. The van der Waals surface area contributed by atoms with E-state index in [0.29, 0.717) is 5.69 Å². The molecule has 0 spiro atoms. The summed E-state index contributed by atoms with van der Waals surface area (Å²) in [5.74, 6) is 0.186. The molecule has 11 heavy (non-hydrogen) atoms. The van der Waals surface area contributed by atoms with Crippen LogP contribution in [0.1, 0.15) is 11.1 Å². The number of benzene rings is 1. The molecule has 0 aliphatic rings. The molecule has 2 nitrogen and oxygen atoms in total. The van der Waals surface area contributed by atoms with Crippen molar-refractivity contribution >= 4 is 21.6 Å². The molecule has 0 unspecified atom stereocenters. The van der Waals surface area contributed by atoms with Gasteiger partial charge in [0.1, 0.15) is 5.75 Å². The molecule has 0 bridgehead atoms. The number of nitrogens with two attached hydrogens (primary N) is 1. The minimum Gasteiger partial charge on any atom is -0.506 e. The standard InChI is InChI=1S/C8H10BrNO/c1-4-5(2)8(11)7(10)3-6(4)9/h3,11H,10H2,1-2H3. The lowest BCUT2D eigenvalue weighted by molar-refractivity contribution is 0.473. The molecule has 3 heteroatoms. The lowest BCUT2D eigenvalue weighted by Gasteiger charge is -2.07. The molecule has 0 aliphatic heterocycles. The number of anilines is 1. The van der Waals surface area contributed by atoms with Crippen LogP contribution >= 0.6 is 15.9 Å². The summed E-state index contributed by atoms with van der Waals surface area (Å²) in [7, 11) is 0. The van der Waals surface area contributed by atoms with Gasteiger partial charge in [-0.2, -0.15) is 0 Å². The second-order valence-electron chi connectivity index (χ2n) is 2.55. The zero-order valence-corrected chi connectivity index (χ0v) is 8.07. The lowest BCUT2D eigenvalue weighted by Crippen LogP contribution is -1.91. The second-order valence-corrected chi connectivity index (χ2v) is 3.40. The molecule has 0 heterocycles. The summed E-state index contributed by atoms with van der Waals surface area (Å²) in [6, 6.07) is 1.71. The first-order chi connectivity index (χ1) is 5.04. The van der Waals surface area contributed by atoms with E-state index in [1.165, 1.54) is 0 Å². The third-order valence-electron chi connectivity index (χ3n) is 1.83. The fourth-order valence-electron chi connectivity index (χ4n) is 0.886. The minimum absolute atomic E-state index is 0.186. The number of phenols is 1. The number of halogens is 1. The van der Waals surface area contributed by atoms with Crippen molar-refractivity contribution in [2.24, 2.45) is 0 Å². The predicted molar refractivity (Wildman–Crippen MR) is 49.7 cm³/mol. The highest BCUT2D eigenvalue weighted by Gasteiger charge is 2.06. The Bertz CT molecular complexity index is 270. The van der Waals surface area contributed by atoms with E-state index in [1.807, 2.05) is 13.8 Å². The highest BCUT2D eigenvalue weighted by atomic mass is 79.9. The zero-order chi connectivity index (χ0) is 8.59. The van der Waals surface area contributed by atoms with Gasteiger partial charge < -0.3 is 10.8 Å². The lowest BCUT2D eigenvalue weighted by atomic mass is 10.1. The highest BCUT2D eigenvalue weighted by Crippen LogP contribution is 2.32. The summed E-state index contributed by atoms with van der Waals surface area (Å²) in [4.78, 5) is 0. The van der Waals surface area contributed by atoms with Crippen LogP contribution in [0.15, 0.2) is 10.5 Å². The Hall–Kier alpha value is -0.700. The third kappa shape index (κ3) is 1.33. The van der Waals surface area contributed by atoms with E-state index in [2.05, 4.69) is 15.9 Å². The van der Waals surface area contributed by atoms with Crippen LogP contribution in [-0.4, -0.2) is 5.11 Å². The highest BCUT2D eigenvalue weighted by molar-refractivity contribution is 9.10. The van der Waals surface area contributed by atoms with Gasteiger partial charge in [0, 0.05) is 4.47 Å². The molecule has 1 aromatic carbocycles. The summed E-state index contributed by atoms with van der Waals surface area (Å²) >= 11 is 3.34. The van der Waals surface area contributed by atoms with Gasteiger partial charge in [-0.25, -0.2) is 0 Å². The van der Waals surface area contributed by atoms with Crippen LogP contribution < -0.4 is 5.73 Å². The molecule has 0 saturated carbocycles. The van der Waals surface area contributed by atoms with Crippen molar-refractivity contribution in [1.82, 2.24) is 0 Å². The quantitative estimate of drug-likeness (QED) is 0.516. The van der Waals surface area contributed by atoms with Gasteiger partial charge in [0.2, 0.25) is 0 Å². The maximum absolute atomic E-state index is 9.37. The van der Waals surface area contributed by atoms with E-state index in [4.69, 9.17) is 5.73 Å². The Labute approximate surface area is 74.2 Å². The maximum Gasteiger partial charge on any atom is 0.141 e. The van der Waals surface area contributed by atoms with Crippen LogP contribution in [0.5, 0.6) is 5.75 Å². The Kier molecular flexibility index (Phi) is 2.09. The molecule has 0 atom stereocenters. The first-order valence-electron chi connectivity index (χ1n) is 3.28. The van der Waals surface area contributed by atoms with Crippen molar-refractivity contribution in [1.29, 1.82) is 0 Å². The average Bonchev–Trinajstić information content (AvgIpc) is 1.97. The van der Waals surface area contributed by atoms with E-state index < -0.39 is 0 Å². The number of aromatic hydroxyl groups is 1. The van der Waals surface area contributed by atoms with Gasteiger partial charge in [-0.15, -0.1) is 0 Å². The summed E-state index contributed by atoms with van der Waals surface area (Å²) in [5, 5.41) is 9.37. The van der Waals surface area contributed by atoms with Crippen LogP contribution in [-0.2, 0) is 0 Å². The van der Waals surface area contributed by atoms with E-state index in [1.54, 1.807) is 6.07 Å². The number of hydrogen-bond acceptors (Lipinski definition) is 2. The molecule has 1 aromatic rings. The second kappa shape index (κ2) is 2.74. The topological polar surface area (TPSA) is 46.2 Å². The number of hydrogen-bond donors (Lipinski definition) is 2. The van der Waals surface area contributed by atoms with Gasteiger partial charge >= 0.3 is 0 Å². The van der Waals surface area contributed by atoms with Gasteiger partial charge in [0.15, 0.2) is 0 Å². The van der Waals surface area contributed by atoms with E-state index in [9.17, 15) is 5.11 Å². The number of rotatable bonds is 0. The Morgan fingerprint density at radius 2 is 1.91 bits per heavy atom. The SMILES string of the molecule is Cc1c(Br)cc(N)c(O)c1C. The predicted octanol–water partition coefficient (Wildman–Crippen LogP) is 2.35. The van der Waals surface area contributed by atoms with Gasteiger partial charge in [0.25, 0.3) is 0 Å². The van der Waals surface area contributed by atoms with Crippen LogP contribution in [0.2, 0.25) is 0 Å². The van der Waals surface area contributed by atoms with E-state index >= 15 is 0 Å². The van der Waals surface area contributed by atoms with Gasteiger partial charge in [0.05, 0.1) is 5.69 Å². The monoisotopic (exact) mass is 215 g/mol. The summed E-state index contributed by atoms with van der Waals surface area (Å²) in [6.45, 7) is 3.77. The first kappa shape index (κ1) is 8.40. The first-order valence-corrected chi connectivity index (χ1v) is 4.07. The number of phenolic OH excluding ortho intramolecular Hbond substituents is 1. The molecular formula is C8H10BrNO. The largest absolute Gasteiger partial charge is 0.506 e. The maximum atomic E-state index is 9.37. The molecule has 1 rings (SSSR count). The smallest absolute Gasteiger partial charge is 0.141 e. The molecule has 0 aliphatic carbocycles. The van der Waals surface area contributed by atoms with Crippen molar-refractivity contribution in [2.45, 2.75) is 13.8 Å². The molecule has 0 saturated heterocycles. The Morgan fingerprint density at radius 3 is 2.45 bits per heavy atom. The van der Waals surface area contributed by atoms with Crippen molar-refractivity contribution in [2.75, 3.05) is 5.73 Å². The molecule has 0 radical (unpaired) electrons. The molecule has 0 amide bonds.